The first-order valence-electron chi connectivity index (χ1n) is 3.98. The average molecular weight is 179 g/mol. The van der Waals surface area contributed by atoms with Crippen LogP contribution in [0.15, 0.2) is 17.1 Å². The highest BCUT2D eigenvalue weighted by Crippen LogP contribution is 2.25. The zero-order valence-corrected chi connectivity index (χ0v) is 8.03. The number of hydrogen-bond acceptors (Lipinski definition) is 3. The van der Waals surface area contributed by atoms with Gasteiger partial charge in [-0.05, 0) is 18.6 Å². The molecule has 3 heteroatoms. The third kappa shape index (κ3) is 1.99. The Labute approximate surface area is 77.7 Å². The molecule has 0 aromatic heterocycles. The third-order valence-corrected chi connectivity index (χ3v) is 1.83. The van der Waals surface area contributed by atoms with Crippen molar-refractivity contribution in [2.45, 2.75) is 6.92 Å². The predicted octanol–water partition coefficient (Wildman–Crippen LogP) is 1.76. The molecule has 70 valence electrons. The maximum Gasteiger partial charge on any atom is 0.128 e. The van der Waals surface area contributed by atoms with Gasteiger partial charge in [-0.15, -0.1) is 0 Å². The second-order valence-electron chi connectivity index (χ2n) is 2.76. The van der Waals surface area contributed by atoms with Gasteiger partial charge in [0, 0.05) is 24.9 Å². The lowest BCUT2D eigenvalue weighted by atomic mass is 10.1. The van der Waals surface area contributed by atoms with E-state index >= 15 is 0 Å². The number of phenolic OH excluding ortho intramolecular Hbond substituents is 1. The summed E-state index contributed by atoms with van der Waals surface area (Å²) in [4.78, 5) is 3.86. The van der Waals surface area contributed by atoms with Gasteiger partial charge in [0.25, 0.3) is 0 Å². The molecule has 0 radical (unpaired) electrons. The van der Waals surface area contributed by atoms with Crippen LogP contribution in [0.1, 0.15) is 11.1 Å². The van der Waals surface area contributed by atoms with E-state index in [9.17, 15) is 5.11 Å². The Balaban J connectivity index is 3.22. The normalized spacial score (nSPS) is 10.7. The van der Waals surface area contributed by atoms with Crippen LogP contribution in [0.2, 0.25) is 0 Å². The van der Waals surface area contributed by atoms with Gasteiger partial charge in [0.2, 0.25) is 0 Å². The van der Waals surface area contributed by atoms with E-state index < -0.39 is 0 Å². The minimum atomic E-state index is 0.197. The van der Waals surface area contributed by atoms with Gasteiger partial charge in [0.1, 0.15) is 11.5 Å². The topological polar surface area (TPSA) is 41.8 Å². The molecule has 0 aliphatic carbocycles. The summed E-state index contributed by atoms with van der Waals surface area (Å²) < 4.78 is 5.00. The summed E-state index contributed by atoms with van der Waals surface area (Å²) in [6, 6.07) is 3.43. The molecule has 0 atom stereocenters. The number of aromatic hydroxyl groups is 1. The van der Waals surface area contributed by atoms with Crippen molar-refractivity contribution in [2.24, 2.45) is 4.99 Å². The Kier molecular flexibility index (Phi) is 2.90. The molecule has 0 heterocycles. The first-order valence-corrected chi connectivity index (χ1v) is 3.98. The Morgan fingerprint density at radius 2 is 2.15 bits per heavy atom. The summed E-state index contributed by atoms with van der Waals surface area (Å²) in [6.07, 6.45) is 1.63. The molecule has 0 unspecified atom stereocenters. The molecule has 0 aliphatic rings. The van der Waals surface area contributed by atoms with Gasteiger partial charge in [-0.25, -0.2) is 0 Å². The Morgan fingerprint density at radius 3 is 2.62 bits per heavy atom. The summed E-state index contributed by atoms with van der Waals surface area (Å²) in [5.41, 5.74) is 1.69. The molecule has 0 amide bonds. The van der Waals surface area contributed by atoms with E-state index in [0.29, 0.717) is 5.75 Å². The fourth-order valence-electron chi connectivity index (χ4n) is 1.16. The highest BCUT2D eigenvalue weighted by molar-refractivity contribution is 5.85. The Morgan fingerprint density at radius 1 is 1.46 bits per heavy atom. The molecule has 0 spiro atoms. The number of ether oxygens (including phenoxy) is 1. The first-order chi connectivity index (χ1) is 6.19. The standard InChI is InChI=1S/C10H13NO2/c1-7-4-8(13-3)5-10(12)9(7)6-11-2/h4-6,12H,1-3H3. The van der Waals surface area contributed by atoms with Crippen LogP contribution in [0.25, 0.3) is 0 Å². The Bertz CT molecular complexity index is 309. The highest BCUT2D eigenvalue weighted by Gasteiger charge is 2.04. The van der Waals surface area contributed by atoms with E-state index in [1.807, 2.05) is 13.0 Å². The van der Waals surface area contributed by atoms with Crippen LogP contribution in [0.4, 0.5) is 0 Å². The summed E-state index contributed by atoms with van der Waals surface area (Å²) in [5, 5.41) is 9.56. The second-order valence-corrected chi connectivity index (χ2v) is 2.76. The van der Waals surface area contributed by atoms with E-state index in [0.717, 1.165) is 11.1 Å². The smallest absolute Gasteiger partial charge is 0.128 e. The number of methoxy groups -OCH3 is 1. The zero-order chi connectivity index (χ0) is 9.84. The highest BCUT2D eigenvalue weighted by atomic mass is 16.5. The maximum atomic E-state index is 9.56. The minimum Gasteiger partial charge on any atom is -0.507 e. The van der Waals surface area contributed by atoms with Crippen molar-refractivity contribution in [1.82, 2.24) is 0 Å². The van der Waals surface area contributed by atoms with Crippen molar-refractivity contribution < 1.29 is 9.84 Å². The molecule has 0 saturated heterocycles. The lowest BCUT2D eigenvalue weighted by molar-refractivity contribution is 0.407. The monoisotopic (exact) mass is 179 g/mol. The van der Waals surface area contributed by atoms with Crippen molar-refractivity contribution in [1.29, 1.82) is 0 Å². The molecule has 1 rings (SSSR count). The van der Waals surface area contributed by atoms with Crippen LogP contribution in [-0.4, -0.2) is 25.5 Å². The molecular formula is C10H13NO2. The first kappa shape index (κ1) is 9.58. The van der Waals surface area contributed by atoms with E-state index in [2.05, 4.69) is 4.99 Å². The number of hydrogen-bond donors (Lipinski definition) is 1. The average Bonchev–Trinajstić information content (AvgIpc) is 2.11. The van der Waals surface area contributed by atoms with Crippen molar-refractivity contribution in [2.75, 3.05) is 14.2 Å². The van der Waals surface area contributed by atoms with Gasteiger partial charge in [-0.1, -0.05) is 0 Å². The summed E-state index contributed by atoms with van der Waals surface area (Å²) in [7, 11) is 3.24. The van der Waals surface area contributed by atoms with Crippen LogP contribution in [0.3, 0.4) is 0 Å². The van der Waals surface area contributed by atoms with Crippen LogP contribution in [0.5, 0.6) is 11.5 Å². The second kappa shape index (κ2) is 3.94. The quantitative estimate of drug-likeness (QED) is 0.703. The molecule has 1 aromatic rings. The molecule has 0 aliphatic heterocycles. The van der Waals surface area contributed by atoms with Gasteiger partial charge in [0.15, 0.2) is 0 Å². The Hall–Kier alpha value is -1.51. The van der Waals surface area contributed by atoms with Crippen LogP contribution < -0.4 is 4.74 Å². The fourth-order valence-corrected chi connectivity index (χ4v) is 1.16. The molecule has 0 bridgehead atoms. The predicted molar refractivity (Wildman–Crippen MR) is 52.9 cm³/mol. The van der Waals surface area contributed by atoms with Crippen molar-refractivity contribution in [3.63, 3.8) is 0 Å². The molecule has 1 N–H and O–H groups in total. The number of aliphatic imine (C=N–C) groups is 1. The van der Waals surface area contributed by atoms with Crippen LogP contribution in [0, 0.1) is 6.92 Å². The fraction of sp³-hybridized carbons (Fsp3) is 0.300. The number of rotatable bonds is 2. The van der Waals surface area contributed by atoms with E-state index in [1.165, 1.54) is 0 Å². The van der Waals surface area contributed by atoms with Gasteiger partial charge in [-0.2, -0.15) is 0 Å². The number of benzene rings is 1. The molecule has 1 aromatic carbocycles. The molecule has 3 nitrogen and oxygen atoms in total. The van der Waals surface area contributed by atoms with Crippen molar-refractivity contribution in [3.8, 4) is 11.5 Å². The van der Waals surface area contributed by atoms with Gasteiger partial charge in [0.05, 0.1) is 7.11 Å². The molecule has 0 saturated carbocycles. The van der Waals surface area contributed by atoms with Crippen LogP contribution in [-0.2, 0) is 0 Å². The third-order valence-electron chi connectivity index (χ3n) is 1.83. The number of phenols is 1. The minimum absolute atomic E-state index is 0.197. The van der Waals surface area contributed by atoms with Gasteiger partial charge in [-0.3, -0.25) is 4.99 Å². The number of nitrogens with zero attached hydrogens (tertiary/aromatic N) is 1. The lowest BCUT2D eigenvalue weighted by Crippen LogP contribution is -1.91. The van der Waals surface area contributed by atoms with E-state index in [4.69, 9.17) is 4.74 Å². The molecule has 13 heavy (non-hydrogen) atoms. The van der Waals surface area contributed by atoms with Crippen LogP contribution >= 0.6 is 0 Å². The zero-order valence-electron chi connectivity index (χ0n) is 8.03. The molecular weight excluding hydrogens is 166 g/mol. The number of aryl methyl sites for hydroxylation is 1. The largest absolute Gasteiger partial charge is 0.507 e. The van der Waals surface area contributed by atoms with Gasteiger partial charge >= 0.3 is 0 Å². The van der Waals surface area contributed by atoms with E-state index in [1.54, 1.807) is 26.4 Å². The van der Waals surface area contributed by atoms with Gasteiger partial charge < -0.3 is 9.84 Å². The van der Waals surface area contributed by atoms with Crippen molar-refractivity contribution >= 4 is 6.21 Å². The summed E-state index contributed by atoms with van der Waals surface area (Å²) in [5.74, 6) is 0.853. The summed E-state index contributed by atoms with van der Waals surface area (Å²) >= 11 is 0. The van der Waals surface area contributed by atoms with Crippen molar-refractivity contribution in [3.05, 3.63) is 23.3 Å². The molecule has 0 fully saturated rings. The SMILES string of the molecule is CN=Cc1c(C)cc(OC)cc1O. The lowest BCUT2D eigenvalue weighted by Gasteiger charge is -2.06. The summed E-state index contributed by atoms with van der Waals surface area (Å²) in [6.45, 7) is 1.90. The van der Waals surface area contributed by atoms with E-state index in [-0.39, 0.29) is 5.75 Å². The maximum absolute atomic E-state index is 9.56.